The van der Waals surface area contributed by atoms with Crippen molar-refractivity contribution in [2.75, 3.05) is 14.1 Å². The van der Waals surface area contributed by atoms with E-state index < -0.39 is 0 Å². The minimum absolute atomic E-state index is 0. The Morgan fingerprint density at radius 1 is 1.19 bits per heavy atom. The van der Waals surface area contributed by atoms with Crippen molar-refractivity contribution in [3.05, 3.63) is 77.2 Å². The predicted octanol–water partition coefficient (Wildman–Crippen LogP) is 3.75. The molecule has 0 bridgehead atoms. The lowest BCUT2D eigenvalue weighted by Crippen LogP contribution is -2.38. The quantitative estimate of drug-likeness (QED) is 0.332. The fourth-order valence-corrected chi connectivity index (χ4v) is 2.86. The number of nitrogens with zero attached hydrogens (tertiary/aromatic N) is 5. The van der Waals surface area contributed by atoms with Gasteiger partial charge in [0, 0.05) is 50.8 Å². The standard InChI is InChI=1S/C19H21ClN6.HI/c1-21-19(25(2)14-16-5-3-6-17(20)11-16)23-13-15-7-9-22-18(12-15)26-10-4-8-24-26;/h3-12H,13-14H2,1-2H3,(H,21,23);1H. The van der Waals surface area contributed by atoms with Crippen molar-refractivity contribution < 1.29 is 0 Å². The average molecular weight is 497 g/mol. The summed E-state index contributed by atoms with van der Waals surface area (Å²) in [5, 5.41) is 8.33. The SMILES string of the molecule is CN=C(NCc1ccnc(-n2cccn2)c1)N(C)Cc1cccc(Cl)c1.I. The van der Waals surface area contributed by atoms with Crippen LogP contribution in [0.25, 0.3) is 5.82 Å². The molecule has 2 heterocycles. The van der Waals surface area contributed by atoms with Crippen LogP contribution in [0.15, 0.2) is 66.0 Å². The van der Waals surface area contributed by atoms with Gasteiger partial charge in [-0.25, -0.2) is 9.67 Å². The summed E-state index contributed by atoms with van der Waals surface area (Å²) in [5.41, 5.74) is 2.23. The average Bonchev–Trinajstić information content (AvgIpc) is 3.17. The summed E-state index contributed by atoms with van der Waals surface area (Å²) in [7, 11) is 3.77. The van der Waals surface area contributed by atoms with Gasteiger partial charge in [0.05, 0.1) is 0 Å². The Morgan fingerprint density at radius 2 is 2.04 bits per heavy atom. The van der Waals surface area contributed by atoms with Crippen LogP contribution in [0.4, 0.5) is 0 Å². The zero-order valence-electron chi connectivity index (χ0n) is 15.2. The van der Waals surface area contributed by atoms with E-state index in [9.17, 15) is 0 Å². The second-order valence-corrected chi connectivity index (χ2v) is 6.30. The van der Waals surface area contributed by atoms with Crippen LogP contribution in [0.2, 0.25) is 5.02 Å². The van der Waals surface area contributed by atoms with E-state index in [1.807, 2.05) is 49.6 Å². The van der Waals surface area contributed by atoms with Gasteiger partial charge in [-0.15, -0.1) is 24.0 Å². The van der Waals surface area contributed by atoms with E-state index in [0.29, 0.717) is 6.54 Å². The van der Waals surface area contributed by atoms with E-state index >= 15 is 0 Å². The number of hydrogen-bond donors (Lipinski definition) is 1. The van der Waals surface area contributed by atoms with E-state index in [2.05, 4.69) is 31.4 Å². The first kappa shape index (κ1) is 21.2. The summed E-state index contributed by atoms with van der Waals surface area (Å²) < 4.78 is 1.74. The summed E-state index contributed by atoms with van der Waals surface area (Å²) in [6.45, 7) is 1.36. The highest BCUT2D eigenvalue weighted by Crippen LogP contribution is 2.12. The van der Waals surface area contributed by atoms with Crippen LogP contribution in [-0.2, 0) is 13.1 Å². The first-order valence-corrected chi connectivity index (χ1v) is 8.64. The van der Waals surface area contributed by atoms with Crippen LogP contribution < -0.4 is 5.32 Å². The number of aromatic nitrogens is 3. The first-order valence-electron chi connectivity index (χ1n) is 8.27. The molecule has 1 N–H and O–H groups in total. The van der Waals surface area contributed by atoms with Gasteiger partial charge < -0.3 is 10.2 Å². The van der Waals surface area contributed by atoms with Crippen molar-refractivity contribution in [2.45, 2.75) is 13.1 Å². The third kappa shape index (κ3) is 5.93. The summed E-state index contributed by atoms with van der Waals surface area (Å²) in [4.78, 5) is 10.8. The Kier molecular flexibility index (Phi) is 8.05. The minimum Gasteiger partial charge on any atom is -0.352 e. The lowest BCUT2D eigenvalue weighted by Gasteiger charge is -2.22. The zero-order chi connectivity index (χ0) is 18.4. The van der Waals surface area contributed by atoms with Crippen molar-refractivity contribution in [1.82, 2.24) is 25.0 Å². The van der Waals surface area contributed by atoms with Crippen molar-refractivity contribution >= 4 is 41.5 Å². The molecule has 0 spiro atoms. The van der Waals surface area contributed by atoms with Crippen LogP contribution in [0.1, 0.15) is 11.1 Å². The maximum Gasteiger partial charge on any atom is 0.193 e. The van der Waals surface area contributed by atoms with Crippen LogP contribution in [0, 0.1) is 0 Å². The van der Waals surface area contributed by atoms with Gasteiger partial charge in [-0.05, 0) is 41.5 Å². The van der Waals surface area contributed by atoms with Crippen LogP contribution in [0.5, 0.6) is 0 Å². The molecule has 1 aromatic carbocycles. The number of pyridine rings is 1. The van der Waals surface area contributed by atoms with Gasteiger partial charge >= 0.3 is 0 Å². The molecule has 3 rings (SSSR count). The zero-order valence-corrected chi connectivity index (χ0v) is 18.3. The maximum absolute atomic E-state index is 6.06. The van der Waals surface area contributed by atoms with Crippen LogP contribution >= 0.6 is 35.6 Å². The lowest BCUT2D eigenvalue weighted by molar-refractivity contribution is 0.476. The van der Waals surface area contributed by atoms with Crippen LogP contribution in [-0.4, -0.2) is 39.7 Å². The molecule has 3 aromatic rings. The highest BCUT2D eigenvalue weighted by atomic mass is 127. The minimum atomic E-state index is 0. The molecule has 0 radical (unpaired) electrons. The topological polar surface area (TPSA) is 58.3 Å². The van der Waals surface area contributed by atoms with Gasteiger partial charge in [0.2, 0.25) is 0 Å². The fraction of sp³-hybridized carbons (Fsp3) is 0.211. The molecule has 8 heteroatoms. The number of guanidine groups is 1. The molecule has 27 heavy (non-hydrogen) atoms. The molecule has 0 saturated heterocycles. The van der Waals surface area contributed by atoms with Crippen molar-refractivity contribution in [3.63, 3.8) is 0 Å². The van der Waals surface area contributed by atoms with Crippen molar-refractivity contribution in [3.8, 4) is 5.82 Å². The number of rotatable bonds is 5. The van der Waals surface area contributed by atoms with E-state index in [0.717, 1.165) is 34.5 Å². The summed E-state index contributed by atoms with van der Waals surface area (Å²) in [6.07, 6.45) is 5.39. The van der Waals surface area contributed by atoms with E-state index in [4.69, 9.17) is 11.6 Å². The molecule has 0 amide bonds. The Labute approximate surface area is 181 Å². The van der Waals surface area contributed by atoms with Gasteiger partial charge in [0.25, 0.3) is 0 Å². The first-order chi connectivity index (χ1) is 12.7. The van der Waals surface area contributed by atoms with Gasteiger partial charge in [-0.3, -0.25) is 4.99 Å². The maximum atomic E-state index is 6.06. The van der Waals surface area contributed by atoms with E-state index in [-0.39, 0.29) is 24.0 Å². The molecule has 0 saturated carbocycles. The Hall–Kier alpha value is -2.13. The normalized spacial score (nSPS) is 11.0. The third-order valence-corrected chi connectivity index (χ3v) is 4.12. The van der Waals surface area contributed by atoms with Gasteiger partial charge in [0.1, 0.15) is 0 Å². The summed E-state index contributed by atoms with van der Waals surface area (Å²) in [6, 6.07) is 13.7. The third-order valence-electron chi connectivity index (χ3n) is 3.88. The molecule has 142 valence electrons. The lowest BCUT2D eigenvalue weighted by atomic mass is 10.2. The molecule has 0 aliphatic heterocycles. The molecule has 6 nitrogen and oxygen atoms in total. The van der Waals surface area contributed by atoms with Crippen molar-refractivity contribution in [1.29, 1.82) is 0 Å². The Morgan fingerprint density at radius 3 is 2.74 bits per heavy atom. The molecular formula is C19H22ClIN6. The largest absolute Gasteiger partial charge is 0.352 e. The molecular weight excluding hydrogens is 475 g/mol. The molecule has 0 unspecified atom stereocenters. The molecule has 0 atom stereocenters. The summed E-state index contributed by atoms with van der Waals surface area (Å²) in [5.74, 6) is 1.60. The Bertz CT molecular complexity index is 881. The van der Waals surface area contributed by atoms with E-state index in [1.165, 1.54) is 0 Å². The van der Waals surface area contributed by atoms with Crippen molar-refractivity contribution in [2.24, 2.45) is 4.99 Å². The number of hydrogen-bond acceptors (Lipinski definition) is 3. The van der Waals surface area contributed by atoms with Gasteiger partial charge in [-0.2, -0.15) is 5.10 Å². The van der Waals surface area contributed by atoms with Gasteiger partial charge in [0.15, 0.2) is 11.8 Å². The highest BCUT2D eigenvalue weighted by molar-refractivity contribution is 14.0. The number of benzene rings is 1. The molecule has 0 aliphatic carbocycles. The second kappa shape index (κ2) is 10.3. The smallest absolute Gasteiger partial charge is 0.193 e. The fourth-order valence-electron chi connectivity index (χ4n) is 2.65. The molecule has 0 fully saturated rings. The second-order valence-electron chi connectivity index (χ2n) is 5.86. The summed E-state index contributed by atoms with van der Waals surface area (Å²) >= 11 is 6.06. The van der Waals surface area contributed by atoms with E-state index in [1.54, 1.807) is 24.1 Å². The van der Waals surface area contributed by atoms with Gasteiger partial charge in [-0.1, -0.05) is 23.7 Å². The Balaban J connectivity index is 0.00000261. The highest BCUT2D eigenvalue weighted by Gasteiger charge is 2.08. The molecule has 2 aromatic heterocycles. The molecule has 0 aliphatic rings. The number of aliphatic imine (C=N–C) groups is 1. The number of halogens is 2. The predicted molar refractivity (Wildman–Crippen MR) is 120 cm³/mol. The monoisotopic (exact) mass is 496 g/mol. The number of nitrogens with one attached hydrogen (secondary N) is 1. The van der Waals surface area contributed by atoms with Crippen LogP contribution in [0.3, 0.4) is 0 Å².